The van der Waals surface area contributed by atoms with E-state index in [1.807, 2.05) is 0 Å². The van der Waals surface area contributed by atoms with E-state index < -0.39 is 23.4 Å². The Kier molecular flexibility index (Phi) is 7.68. The van der Waals surface area contributed by atoms with Gasteiger partial charge in [-0.2, -0.15) is 23.3 Å². The molecule has 0 radical (unpaired) electrons. The van der Waals surface area contributed by atoms with Crippen LogP contribution in [0.2, 0.25) is 5.15 Å². The van der Waals surface area contributed by atoms with Crippen molar-refractivity contribution in [2.75, 3.05) is 16.0 Å². The molecule has 2 heterocycles. The van der Waals surface area contributed by atoms with Crippen LogP contribution < -0.4 is 16.0 Å². The van der Waals surface area contributed by atoms with Gasteiger partial charge in [0.15, 0.2) is 5.15 Å². The summed E-state index contributed by atoms with van der Waals surface area (Å²) in [6.07, 6.45) is -1.96. The fourth-order valence-electron chi connectivity index (χ4n) is 3.49. The van der Waals surface area contributed by atoms with E-state index in [4.69, 9.17) is 16.3 Å². The molecule has 0 atom stereocenters. The fourth-order valence-corrected chi connectivity index (χ4v) is 3.70. The van der Waals surface area contributed by atoms with Gasteiger partial charge in [0.25, 0.3) is 0 Å². The zero-order chi connectivity index (χ0) is 28.4. The Bertz CT molecular complexity index is 1480. The molecule has 2 aromatic heterocycles. The maximum Gasteiger partial charge on any atom is 0.416 e. The summed E-state index contributed by atoms with van der Waals surface area (Å²) in [5, 5.41) is 13.1. The number of rotatable bonds is 6. The maximum absolute atomic E-state index is 13.1. The van der Waals surface area contributed by atoms with Crippen LogP contribution in [0.4, 0.5) is 46.8 Å². The van der Waals surface area contributed by atoms with Crippen LogP contribution in [0, 0.1) is 0 Å². The quantitative estimate of drug-likeness (QED) is 0.226. The summed E-state index contributed by atoms with van der Waals surface area (Å²) < 4.78 is 46.1. The van der Waals surface area contributed by atoms with Crippen LogP contribution in [0.3, 0.4) is 0 Å². The number of nitrogens with one attached hydrogen (secondary N) is 3. The zero-order valence-electron chi connectivity index (χ0n) is 21.4. The summed E-state index contributed by atoms with van der Waals surface area (Å²) in [5.74, 6) is 0.466. The summed E-state index contributed by atoms with van der Waals surface area (Å²) in [6, 6.07) is 11.5. The van der Waals surface area contributed by atoms with Gasteiger partial charge < -0.3 is 15.4 Å². The minimum absolute atomic E-state index is 0.172. The summed E-state index contributed by atoms with van der Waals surface area (Å²) in [6.45, 7) is 5.27. The average Bonchev–Trinajstić information content (AvgIpc) is 3.14. The van der Waals surface area contributed by atoms with Crippen molar-refractivity contribution < 1.29 is 22.7 Å². The van der Waals surface area contributed by atoms with Crippen molar-refractivity contribution in [2.24, 2.45) is 7.05 Å². The molecule has 39 heavy (non-hydrogen) atoms. The molecule has 4 aromatic rings. The van der Waals surface area contributed by atoms with Crippen LogP contribution in [0.15, 0.2) is 60.9 Å². The lowest BCUT2D eigenvalue weighted by atomic mass is 10.1. The number of aromatic nitrogens is 4. The van der Waals surface area contributed by atoms with Crippen LogP contribution in [0.25, 0.3) is 11.1 Å². The first-order valence-corrected chi connectivity index (χ1v) is 12.0. The second kappa shape index (κ2) is 10.8. The molecule has 0 aliphatic rings. The molecule has 9 nitrogen and oxygen atoms in total. The van der Waals surface area contributed by atoms with Gasteiger partial charge >= 0.3 is 12.3 Å². The monoisotopic (exact) mass is 559 g/mol. The number of carbonyl (C=O) groups excluding carboxylic acids is 1. The van der Waals surface area contributed by atoms with E-state index in [1.54, 1.807) is 58.3 Å². The average molecular weight is 560 g/mol. The van der Waals surface area contributed by atoms with Gasteiger partial charge in [-0.15, -0.1) is 0 Å². The molecule has 0 fully saturated rings. The summed E-state index contributed by atoms with van der Waals surface area (Å²) in [4.78, 5) is 21.1. The van der Waals surface area contributed by atoms with Gasteiger partial charge in [-0.3, -0.25) is 10.00 Å². The molecular weight excluding hydrogens is 535 g/mol. The molecular formula is C26H25ClF3N7O2. The van der Waals surface area contributed by atoms with Crippen molar-refractivity contribution in [3.63, 3.8) is 0 Å². The first-order valence-electron chi connectivity index (χ1n) is 11.6. The van der Waals surface area contributed by atoms with E-state index in [9.17, 15) is 18.0 Å². The molecule has 13 heteroatoms. The lowest BCUT2D eigenvalue weighted by molar-refractivity contribution is -0.137. The summed E-state index contributed by atoms with van der Waals surface area (Å²) in [7, 11) is 1.71. The van der Waals surface area contributed by atoms with Gasteiger partial charge in [-0.05, 0) is 56.7 Å². The van der Waals surface area contributed by atoms with Gasteiger partial charge in [0, 0.05) is 36.4 Å². The SMILES string of the molecule is Cn1cc(Nc2ncc(-c3ccc(C(F)(F)F)cc3)c(Nc3cccc(NC(=O)OC(C)(C)C)c3)n2)c(Cl)n1. The highest BCUT2D eigenvalue weighted by Crippen LogP contribution is 2.34. The molecule has 0 aliphatic carbocycles. The predicted octanol–water partition coefficient (Wildman–Crippen LogP) is 7.38. The van der Waals surface area contributed by atoms with E-state index in [2.05, 4.69) is 31.0 Å². The number of amides is 1. The lowest BCUT2D eigenvalue weighted by Crippen LogP contribution is -2.27. The second-order valence-electron chi connectivity index (χ2n) is 9.50. The molecule has 4 rings (SSSR count). The number of alkyl halides is 3. The lowest BCUT2D eigenvalue weighted by Gasteiger charge is -2.20. The predicted molar refractivity (Wildman–Crippen MR) is 144 cm³/mol. The summed E-state index contributed by atoms with van der Waals surface area (Å²) >= 11 is 6.14. The third-order valence-corrected chi connectivity index (χ3v) is 5.39. The van der Waals surface area contributed by atoms with Crippen LogP contribution in [-0.2, 0) is 18.0 Å². The molecule has 0 saturated carbocycles. The Morgan fingerprint density at radius 2 is 1.72 bits per heavy atom. The fraction of sp³-hybridized carbons (Fsp3) is 0.231. The Hall–Kier alpha value is -4.32. The normalized spacial score (nSPS) is 11.7. The van der Waals surface area contributed by atoms with Crippen molar-refractivity contribution in [2.45, 2.75) is 32.5 Å². The molecule has 0 bridgehead atoms. The Morgan fingerprint density at radius 3 is 2.33 bits per heavy atom. The van der Waals surface area contributed by atoms with E-state index in [0.29, 0.717) is 34.0 Å². The van der Waals surface area contributed by atoms with Crippen molar-refractivity contribution in [1.82, 2.24) is 19.7 Å². The van der Waals surface area contributed by atoms with Crippen LogP contribution in [-0.4, -0.2) is 31.4 Å². The Morgan fingerprint density at radius 1 is 1.03 bits per heavy atom. The highest BCUT2D eigenvalue weighted by molar-refractivity contribution is 6.32. The first kappa shape index (κ1) is 27.7. The summed E-state index contributed by atoms with van der Waals surface area (Å²) in [5.41, 5.74) is 0.929. The van der Waals surface area contributed by atoms with Gasteiger partial charge in [-0.25, -0.2) is 9.78 Å². The topological polar surface area (TPSA) is 106 Å². The van der Waals surface area contributed by atoms with E-state index in [0.717, 1.165) is 12.1 Å². The number of nitrogens with zero attached hydrogens (tertiary/aromatic N) is 4. The largest absolute Gasteiger partial charge is 0.444 e. The number of ether oxygens (including phenoxy) is 1. The van der Waals surface area contributed by atoms with E-state index >= 15 is 0 Å². The number of hydrogen-bond acceptors (Lipinski definition) is 7. The standard InChI is InChI=1S/C26H25ClF3N7O2/c1-25(2,3)39-24(38)33-18-7-5-6-17(12-18)32-22-19(15-8-10-16(11-9-15)26(28,29)30)13-31-23(35-22)34-20-14-37(4)36-21(20)27/h5-14H,1-4H3,(H,33,38)(H2,31,32,34,35). The molecule has 204 valence electrons. The van der Waals surface area contributed by atoms with Gasteiger partial charge in [-0.1, -0.05) is 29.8 Å². The highest BCUT2D eigenvalue weighted by atomic mass is 35.5. The zero-order valence-corrected chi connectivity index (χ0v) is 22.1. The number of hydrogen-bond donors (Lipinski definition) is 3. The third-order valence-electron chi connectivity index (χ3n) is 5.11. The molecule has 1 amide bonds. The molecule has 2 aromatic carbocycles. The highest BCUT2D eigenvalue weighted by Gasteiger charge is 2.30. The smallest absolute Gasteiger partial charge is 0.416 e. The van der Waals surface area contributed by atoms with Crippen LogP contribution in [0.1, 0.15) is 26.3 Å². The van der Waals surface area contributed by atoms with Crippen LogP contribution in [0.5, 0.6) is 0 Å². The Balaban J connectivity index is 1.67. The number of aryl methyl sites for hydroxylation is 1. The van der Waals surface area contributed by atoms with Gasteiger partial charge in [0.2, 0.25) is 5.95 Å². The molecule has 0 aliphatic heterocycles. The van der Waals surface area contributed by atoms with E-state index in [1.165, 1.54) is 23.0 Å². The molecule has 0 unspecified atom stereocenters. The van der Waals surface area contributed by atoms with Crippen molar-refractivity contribution >= 4 is 46.5 Å². The molecule has 0 saturated heterocycles. The minimum Gasteiger partial charge on any atom is -0.444 e. The number of halogens is 4. The van der Waals surface area contributed by atoms with Crippen molar-refractivity contribution in [1.29, 1.82) is 0 Å². The third kappa shape index (κ3) is 7.38. The maximum atomic E-state index is 13.1. The van der Waals surface area contributed by atoms with Gasteiger partial charge in [0.1, 0.15) is 11.4 Å². The number of benzene rings is 2. The number of carbonyl (C=O) groups is 1. The molecule has 3 N–H and O–H groups in total. The molecule has 0 spiro atoms. The second-order valence-corrected chi connectivity index (χ2v) is 9.85. The van der Waals surface area contributed by atoms with Crippen LogP contribution >= 0.6 is 11.6 Å². The number of anilines is 5. The van der Waals surface area contributed by atoms with Crippen molar-refractivity contribution in [3.8, 4) is 11.1 Å². The van der Waals surface area contributed by atoms with Crippen molar-refractivity contribution in [3.05, 3.63) is 71.6 Å². The first-order chi connectivity index (χ1) is 18.3. The van der Waals surface area contributed by atoms with E-state index in [-0.39, 0.29) is 11.1 Å². The Labute approximate surface area is 227 Å². The minimum atomic E-state index is -4.46. The van der Waals surface area contributed by atoms with Gasteiger partial charge in [0.05, 0.1) is 11.3 Å².